The molecular weight excluding hydrogens is 430 g/mol. The first-order valence-corrected chi connectivity index (χ1v) is 11.7. The van der Waals surface area contributed by atoms with Crippen LogP contribution in [0.5, 0.6) is 0 Å². The maximum absolute atomic E-state index is 12.3. The Balaban J connectivity index is 1.75. The number of carbonyl (C=O) groups is 1. The summed E-state index contributed by atoms with van der Waals surface area (Å²) in [5, 5.41) is 10.1. The molecule has 5 rings (SSSR count). The molecule has 170 valence electrons. The van der Waals surface area contributed by atoms with Crippen LogP contribution in [0, 0.1) is 0 Å². The predicted octanol–water partition coefficient (Wildman–Crippen LogP) is 7.14. The molecule has 0 aliphatic carbocycles. The van der Waals surface area contributed by atoms with Gasteiger partial charge in [0.1, 0.15) is 0 Å². The second-order valence-corrected chi connectivity index (χ2v) is 8.52. The van der Waals surface area contributed by atoms with Gasteiger partial charge in [0.05, 0.1) is 0 Å². The van der Waals surface area contributed by atoms with Crippen molar-refractivity contribution < 1.29 is 9.90 Å². The average Bonchev–Trinajstić information content (AvgIpc) is 2.92. The average molecular weight is 456 g/mol. The van der Waals surface area contributed by atoms with E-state index in [0.717, 1.165) is 27.8 Å². The molecule has 0 bridgehead atoms. The van der Waals surface area contributed by atoms with Crippen molar-refractivity contribution in [1.82, 2.24) is 4.98 Å². The molecule has 3 nitrogen and oxygen atoms in total. The molecule has 0 fully saturated rings. The number of aromatic nitrogens is 1. The number of hydrogen-bond acceptors (Lipinski definition) is 2. The number of nitrogens with zero attached hydrogens (tertiary/aromatic N) is 1. The summed E-state index contributed by atoms with van der Waals surface area (Å²) in [7, 11) is 0. The minimum Gasteiger partial charge on any atom is -0.477 e. The van der Waals surface area contributed by atoms with Crippen LogP contribution in [0.2, 0.25) is 0 Å². The van der Waals surface area contributed by atoms with Crippen LogP contribution in [0.25, 0.3) is 0 Å². The Kier molecular flexibility index (Phi) is 6.49. The van der Waals surface area contributed by atoms with Gasteiger partial charge in [0, 0.05) is 18.0 Å². The van der Waals surface area contributed by atoms with Crippen LogP contribution in [0.3, 0.4) is 0 Å². The lowest BCUT2D eigenvalue weighted by molar-refractivity contribution is 0.0689. The number of carboxylic acids is 1. The van der Waals surface area contributed by atoms with E-state index in [1.807, 2.05) is 103 Å². The van der Waals surface area contributed by atoms with Gasteiger partial charge in [0.15, 0.2) is 5.69 Å². The fourth-order valence-corrected chi connectivity index (χ4v) is 4.77. The SMILES string of the molecule is O=C(O)c1ncc(C(c2ccccc2)c2ccccc2)cc1C(c1ccccc1)c1ccccc1. The number of pyridine rings is 1. The number of benzene rings is 4. The third-order valence-corrected chi connectivity index (χ3v) is 6.32. The fourth-order valence-electron chi connectivity index (χ4n) is 4.77. The van der Waals surface area contributed by atoms with E-state index < -0.39 is 5.97 Å². The largest absolute Gasteiger partial charge is 0.477 e. The summed E-state index contributed by atoms with van der Waals surface area (Å²) in [6.07, 6.45) is 1.71. The van der Waals surface area contributed by atoms with Crippen molar-refractivity contribution in [2.45, 2.75) is 11.8 Å². The monoisotopic (exact) mass is 455 g/mol. The quantitative estimate of drug-likeness (QED) is 0.284. The number of carboxylic acid groups (broad SMARTS) is 1. The van der Waals surface area contributed by atoms with Gasteiger partial charge in [-0.2, -0.15) is 0 Å². The van der Waals surface area contributed by atoms with E-state index in [1.54, 1.807) is 6.20 Å². The summed E-state index contributed by atoms with van der Waals surface area (Å²) in [5.74, 6) is -1.36. The lowest BCUT2D eigenvalue weighted by Crippen LogP contribution is -2.14. The van der Waals surface area contributed by atoms with Gasteiger partial charge in [0.25, 0.3) is 0 Å². The highest BCUT2D eigenvalue weighted by Crippen LogP contribution is 2.37. The molecule has 1 aromatic heterocycles. The van der Waals surface area contributed by atoms with Gasteiger partial charge < -0.3 is 5.11 Å². The molecule has 0 saturated heterocycles. The number of rotatable bonds is 7. The number of hydrogen-bond donors (Lipinski definition) is 1. The summed E-state index contributed by atoms with van der Waals surface area (Å²) in [6.45, 7) is 0. The minimum atomic E-state index is -1.03. The summed E-state index contributed by atoms with van der Waals surface area (Å²) in [5.41, 5.74) is 6.03. The van der Waals surface area contributed by atoms with Crippen LogP contribution in [0.1, 0.15) is 55.7 Å². The Hall–Kier alpha value is -4.50. The van der Waals surface area contributed by atoms with Crippen molar-refractivity contribution in [2.75, 3.05) is 0 Å². The van der Waals surface area contributed by atoms with Gasteiger partial charge in [-0.15, -0.1) is 0 Å². The topological polar surface area (TPSA) is 50.2 Å². The second kappa shape index (κ2) is 10.2. The van der Waals surface area contributed by atoms with Crippen LogP contribution in [0.15, 0.2) is 134 Å². The van der Waals surface area contributed by atoms with Crippen molar-refractivity contribution in [3.05, 3.63) is 173 Å². The Bertz CT molecular complexity index is 1320. The highest BCUT2D eigenvalue weighted by molar-refractivity contribution is 5.88. The number of aromatic carboxylic acids is 1. The molecule has 0 spiro atoms. The molecule has 0 atom stereocenters. The van der Waals surface area contributed by atoms with Gasteiger partial charge in [-0.1, -0.05) is 121 Å². The van der Waals surface area contributed by atoms with E-state index in [2.05, 4.69) is 29.2 Å². The zero-order valence-corrected chi connectivity index (χ0v) is 19.2. The van der Waals surface area contributed by atoms with E-state index in [1.165, 1.54) is 0 Å². The van der Waals surface area contributed by atoms with E-state index in [4.69, 9.17) is 0 Å². The minimum absolute atomic E-state index is 0.0707. The molecule has 0 aliphatic rings. The molecular formula is C32H25NO2. The maximum atomic E-state index is 12.3. The Morgan fingerprint density at radius 1 is 0.543 bits per heavy atom. The Labute approximate surface area is 205 Å². The molecule has 1 heterocycles. The highest BCUT2D eigenvalue weighted by atomic mass is 16.4. The fraction of sp³-hybridized carbons (Fsp3) is 0.0625. The molecule has 0 unspecified atom stereocenters. The van der Waals surface area contributed by atoms with Crippen molar-refractivity contribution in [3.8, 4) is 0 Å². The summed E-state index contributed by atoms with van der Waals surface area (Å²) in [4.78, 5) is 16.9. The van der Waals surface area contributed by atoms with Gasteiger partial charge >= 0.3 is 5.97 Å². The first kappa shape index (κ1) is 22.3. The molecule has 0 amide bonds. The normalized spacial score (nSPS) is 11.0. The third kappa shape index (κ3) is 4.75. The Morgan fingerprint density at radius 3 is 1.29 bits per heavy atom. The molecule has 0 radical (unpaired) electrons. The van der Waals surface area contributed by atoms with E-state index >= 15 is 0 Å². The molecule has 1 N–H and O–H groups in total. The molecule has 5 aromatic rings. The van der Waals surface area contributed by atoms with Gasteiger partial charge in [-0.3, -0.25) is 0 Å². The lowest BCUT2D eigenvalue weighted by atomic mass is 9.80. The Morgan fingerprint density at radius 2 is 0.914 bits per heavy atom. The maximum Gasteiger partial charge on any atom is 0.354 e. The molecule has 35 heavy (non-hydrogen) atoms. The van der Waals surface area contributed by atoms with Crippen LogP contribution in [-0.4, -0.2) is 16.1 Å². The van der Waals surface area contributed by atoms with Crippen molar-refractivity contribution in [3.63, 3.8) is 0 Å². The predicted molar refractivity (Wildman–Crippen MR) is 139 cm³/mol. The van der Waals surface area contributed by atoms with Crippen LogP contribution in [0.4, 0.5) is 0 Å². The van der Waals surface area contributed by atoms with E-state index in [0.29, 0.717) is 5.56 Å². The molecule has 4 aromatic carbocycles. The van der Waals surface area contributed by atoms with Crippen LogP contribution in [-0.2, 0) is 0 Å². The highest BCUT2D eigenvalue weighted by Gasteiger charge is 2.26. The second-order valence-electron chi connectivity index (χ2n) is 8.52. The van der Waals surface area contributed by atoms with Gasteiger partial charge in [-0.05, 0) is 39.4 Å². The third-order valence-electron chi connectivity index (χ3n) is 6.32. The van der Waals surface area contributed by atoms with E-state index in [9.17, 15) is 9.90 Å². The zero-order chi connectivity index (χ0) is 24.0. The van der Waals surface area contributed by atoms with E-state index in [-0.39, 0.29) is 17.5 Å². The van der Waals surface area contributed by atoms with Crippen LogP contribution >= 0.6 is 0 Å². The molecule has 0 aliphatic heterocycles. The van der Waals surface area contributed by atoms with Crippen molar-refractivity contribution >= 4 is 5.97 Å². The van der Waals surface area contributed by atoms with Crippen molar-refractivity contribution in [1.29, 1.82) is 0 Å². The summed E-state index contributed by atoms with van der Waals surface area (Å²) in [6, 6.07) is 42.6. The first-order chi connectivity index (χ1) is 17.2. The zero-order valence-electron chi connectivity index (χ0n) is 19.2. The van der Waals surface area contributed by atoms with Gasteiger partial charge in [-0.25, -0.2) is 9.78 Å². The summed E-state index contributed by atoms with van der Waals surface area (Å²) >= 11 is 0. The first-order valence-electron chi connectivity index (χ1n) is 11.7. The van der Waals surface area contributed by atoms with Crippen molar-refractivity contribution in [2.24, 2.45) is 0 Å². The van der Waals surface area contributed by atoms with Crippen LogP contribution < -0.4 is 0 Å². The standard InChI is InChI=1S/C32H25NO2/c34-32(35)31-28(30(25-17-9-3-10-18-25)26-19-11-4-12-20-26)21-27(22-33-31)29(23-13-5-1-6-14-23)24-15-7-2-8-16-24/h1-22,29-30H,(H,34,35). The summed E-state index contributed by atoms with van der Waals surface area (Å²) < 4.78 is 0. The lowest BCUT2D eigenvalue weighted by Gasteiger charge is -2.24. The van der Waals surface area contributed by atoms with Gasteiger partial charge in [0.2, 0.25) is 0 Å². The molecule has 3 heteroatoms. The molecule has 0 saturated carbocycles. The smallest absolute Gasteiger partial charge is 0.354 e.